The average molecular weight is 604 g/mol. The molecule has 5 aromatic rings. The maximum absolute atomic E-state index is 14.2. The van der Waals surface area contributed by atoms with Gasteiger partial charge < -0.3 is 14.4 Å². The molecule has 1 saturated carbocycles. The third-order valence-electron chi connectivity index (χ3n) is 8.45. The Labute approximate surface area is 250 Å². The third kappa shape index (κ3) is 5.14. The number of piperidine rings is 1. The van der Waals surface area contributed by atoms with Gasteiger partial charge in [-0.05, 0) is 61.7 Å². The number of thiazole rings is 1. The number of carboxylic acid groups (broad SMARTS) is 1. The third-order valence-corrected chi connectivity index (χ3v) is 9.45. The Kier molecular flexibility index (Phi) is 6.92. The summed E-state index contributed by atoms with van der Waals surface area (Å²) in [6, 6.07) is 15.5. The van der Waals surface area contributed by atoms with Crippen LogP contribution in [0.25, 0.3) is 11.0 Å². The Hall–Kier alpha value is -3.86. The highest BCUT2D eigenvalue weighted by Gasteiger charge is 2.58. The number of fused-ring (bicyclic) bond motifs is 2. The van der Waals surface area contributed by atoms with Crippen LogP contribution in [0.15, 0.2) is 66.3 Å². The van der Waals surface area contributed by atoms with E-state index in [9.17, 15) is 14.3 Å². The van der Waals surface area contributed by atoms with E-state index in [4.69, 9.17) is 26.3 Å². The first kappa shape index (κ1) is 27.0. The minimum Gasteiger partial charge on any atom is -0.478 e. The van der Waals surface area contributed by atoms with Crippen molar-refractivity contribution >= 4 is 39.9 Å². The number of benzene rings is 2. The largest absolute Gasteiger partial charge is 0.478 e. The first-order valence-corrected chi connectivity index (χ1v) is 15.0. The van der Waals surface area contributed by atoms with Crippen molar-refractivity contribution in [3.63, 3.8) is 0 Å². The van der Waals surface area contributed by atoms with Crippen LogP contribution in [0.1, 0.15) is 45.2 Å². The Morgan fingerprint density at radius 1 is 1.17 bits per heavy atom. The van der Waals surface area contributed by atoms with Crippen molar-refractivity contribution in [3.8, 4) is 5.88 Å². The van der Waals surface area contributed by atoms with Crippen LogP contribution in [0.3, 0.4) is 0 Å². The lowest BCUT2D eigenvalue weighted by atomic mass is 9.91. The highest BCUT2D eigenvalue weighted by Crippen LogP contribution is 2.59. The Morgan fingerprint density at radius 2 is 2.07 bits per heavy atom. The van der Waals surface area contributed by atoms with E-state index in [1.807, 2.05) is 18.3 Å². The number of imidazole rings is 1. The molecule has 2 aromatic carbocycles. The molecule has 214 valence electrons. The zero-order chi connectivity index (χ0) is 28.8. The fourth-order valence-electron chi connectivity index (χ4n) is 6.11. The van der Waals surface area contributed by atoms with E-state index in [2.05, 4.69) is 20.5 Å². The number of ether oxygens (including phenoxy) is 1. The molecule has 8 nitrogen and oxygen atoms in total. The number of rotatable bonds is 9. The van der Waals surface area contributed by atoms with Crippen LogP contribution >= 0.6 is 22.9 Å². The quantitative estimate of drug-likeness (QED) is 0.215. The van der Waals surface area contributed by atoms with E-state index in [1.165, 1.54) is 6.07 Å². The summed E-state index contributed by atoms with van der Waals surface area (Å²) in [5.74, 6) is 0.527. The van der Waals surface area contributed by atoms with Crippen LogP contribution in [-0.2, 0) is 25.1 Å². The van der Waals surface area contributed by atoms with Crippen molar-refractivity contribution in [1.29, 1.82) is 0 Å². The molecule has 1 N–H and O–H groups in total. The van der Waals surface area contributed by atoms with Crippen LogP contribution < -0.4 is 4.74 Å². The predicted molar refractivity (Wildman–Crippen MR) is 158 cm³/mol. The number of likely N-dealkylation sites (tertiary alicyclic amines) is 1. The Bertz CT molecular complexity index is 1790. The number of hydrogen-bond acceptors (Lipinski definition) is 7. The van der Waals surface area contributed by atoms with Gasteiger partial charge in [-0.3, -0.25) is 9.88 Å². The molecule has 4 heterocycles. The molecule has 1 saturated heterocycles. The maximum Gasteiger partial charge on any atom is 0.335 e. The van der Waals surface area contributed by atoms with Crippen LogP contribution in [-0.4, -0.2) is 48.6 Å². The number of hydrogen-bond donors (Lipinski definition) is 1. The van der Waals surface area contributed by atoms with E-state index in [0.29, 0.717) is 35.5 Å². The van der Waals surface area contributed by atoms with E-state index in [-0.39, 0.29) is 17.6 Å². The van der Waals surface area contributed by atoms with Gasteiger partial charge in [0.15, 0.2) is 0 Å². The first-order valence-electron chi connectivity index (χ1n) is 13.7. The lowest BCUT2D eigenvalue weighted by Gasteiger charge is -2.31. The van der Waals surface area contributed by atoms with Crippen molar-refractivity contribution in [2.75, 3.05) is 13.1 Å². The summed E-state index contributed by atoms with van der Waals surface area (Å²) in [7, 11) is 0. The van der Waals surface area contributed by atoms with Gasteiger partial charge in [-0.15, -0.1) is 11.3 Å². The predicted octanol–water partition coefficient (Wildman–Crippen LogP) is 6.17. The van der Waals surface area contributed by atoms with Crippen LogP contribution in [0.2, 0.25) is 5.02 Å². The lowest BCUT2D eigenvalue weighted by Crippen LogP contribution is -2.37. The summed E-state index contributed by atoms with van der Waals surface area (Å²) >= 11 is 7.44. The summed E-state index contributed by atoms with van der Waals surface area (Å²) < 4.78 is 22.2. The number of pyridine rings is 1. The summed E-state index contributed by atoms with van der Waals surface area (Å²) in [6.45, 7) is 3.17. The molecule has 1 unspecified atom stereocenters. The maximum atomic E-state index is 14.2. The molecule has 2 aliphatic rings. The van der Waals surface area contributed by atoms with Gasteiger partial charge in [0.05, 0.1) is 40.9 Å². The van der Waals surface area contributed by atoms with Gasteiger partial charge in [0.2, 0.25) is 5.88 Å². The zero-order valence-electron chi connectivity index (χ0n) is 22.5. The molecular formula is C31H27ClFN5O3S. The van der Waals surface area contributed by atoms with E-state index < -0.39 is 11.8 Å². The SMILES string of the molecule is O=C(O)c1ccc2nc(CN3CC[C@@]4(c5cccc(OCc6ccc(Cl)cc6F)n5)CC4C3)n(Cc3cncs3)c2c1. The van der Waals surface area contributed by atoms with Gasteiger partial charge in [-0.1, -0.05) is 23.7 Å². The zero-order valence-corrected chi connectivity index (χ0v) is 24.1. The van der Waals surface area contributed by atoms with Gasteiger partial charge in [-0.2, -0.15) is 0 Å². The van der Waals surface area contributed by atoms with E-state index >= 15 is 0 Å². The molecule has 7 rings (SSSR count). The minimum atomic E-state index is -0.953. The Morgan fingerprint density at radius 3 is 2.86 bits per heavy atom. The monoisotopic (exact) mass is 603 g/mol. The highest BCUT2D eigenvalue weighted by atomic mass is 35.5. The molecular weight excluding hydrogens is 577 g/mol. The number of carboxylic acids is 1. The van der Waals surface area contributed by atoms with Crippen LogP contribution in [0.5, 0.6) is 5.88 Å². The summed E-state index contributed by atoms with van der Waals surface area (Å²) in [6.07, 6.45) is 3.88. The number of halogens is 2. The van der Waals surface area contributed by atoms with Gasteiger partial charge in [0.1, 0.15) is 18.2 Å². The van der Waals surface area contributed by atoms with E-state index in [1.54, 1.807) is 47.2 Å². The molecule has 0 bridgehead atoms. The molecule has 0 amide bonds. The van der Waals surface area contributed by atoms with Crippen molar-refractivity contribution in [1.82, 2.24) is 24.4 Å². The Balaban J connectivity index is 1.06. The van der Waals surface area contributed by atoms with Crippen molar-refractivity contribution in [3.05, 3.63) is 105 Å². The normalized spacial score (nSPS) is 20.0. The molecule has 1 aliphatic carbocycles. The van der Waals surface area contributed by atoms with Crippen LogP contribution in [0.4, 0.5) is 4.39 Å². The molecule has 3 aromatic heterocycles. The van der Waals surface area contributed by atoms with Crippen LogP contribution in [0, 0.1) is 11.7 Å². The average Bonchev–Trinajstić information content (AvgIpc) is 3.30. The second-order valence-electron chi connectivity index (χ2n) is 11.0. The molecule has 0 spiro atoms. The number of aromatic carboxylic acids is 1. The van der Waals surface area contributed by atoms with Crippen molar-refractivity contribution in [2.45, 2.75) is 38.0 Å². The topological polar surface area (TPSA) is 93.4 Å². The van der Waals surface area contributed by atoms with Gasteiger partial charge in [0.25, 0.3) is 0 Å². The molecule has 2 fully saturated rings. The van der Waals surface area contributed by atoms with Gasteiger partial charge in [0, 0.05) is 39.7 Å². The second kappa shape index (κ2) is 10.8. The van der Waals surface area contributed by atoms with Crippen molar-refractivity contribution in [2.24, 2.45) is 5.92 Å². The second-order valence-corrected chi connectivity index (χ2v) is 12.4. The molecule has 2 atom stereocenters. The number of nitrogens with zero attached hydrogens (tertiary/aromatic N) is 5. The van der Waals surface area contributed by atoms with E-state index in [0.717, 1.165) is 53.4 Å². The van der Waals surface area contributed by atoms with Gasteiger partial charge >= 0.3 is 5.97 Å². The van der Waals surface area contributed by atoms with Gasteiger partial charge in [-0.25, -0.2) is 19.2 Å². The number of carbonyl (C=O) groups is 1. The van der Waals surface area contributed by atoms with Crippen molar-refractivity contribution < 1.29 is 19.0 Å². The highest BCUT2D eigenvalue weighted by molar-refractivity contribution is 7.09. The fraction of sp³-hybridized carbons (Fsp3) is 0.290. The molecule has 0 radical (unpaired) electrons. The summed E-state index contributed by atoms with van der Waals surface area (Å²) in [5.41, 5.74) is 5.14. The minimum absolute atomic E-state index is 0.0283. The smallest absolute Gasteiger partial charge is 0.335 e. The summed E-state index contributed by atoms with van der Waals surface area (Å²) in [4.78, 5) is 29.1. The standard InChI is InChI=1S/C31H27ClFN5O3S/c32-22-6-4-20(24(33)11-22)17-41-29-3-1-2-27(36-29)31-8-9-37(14-21(31)12-31)16-28-35-25-7-5-19(30(39)40)10-26(25)38(28)15-23-13-34-18-42-23/h1-7,10-11,13,18,21H,8-9,12,14-17H2,(H,39,40)/t21?,31-/m1/s1. The molecule has 11 heteroatoms. The fourth-order valence-corrected chi connectivity index (χ4v) is 6.86. The summed E-state index contributed by atoms with van der Waals surface area (Å²) in [5, 5.41) is 9.91. The lowest BCUT2D eigenvalue weighted by molar-refractivity contribution is 0.0697. The first-order chi connectivity index (χ1) is 20.4. The molecule has 1 aliphatic heterocycles. The number of aromatic nitrogens is 4. The molecule has 42 heavy (non-hydrogen) atoms.